The van der Waals surface area contributed by atoms with E-state index in [-0.39, 0.29) is 53.4 Å². The molecule has 2 aromatic rings. The molecule has 0 unspecified atom stereocenters. The highest BCUT2D eigenvalue weighted by Crippen LogP contribution is 2.86. The Morgan fingerprint density at radius 1 is 0.861 bits per heavy atom. The van der Waals surface area contributed by atoms with Crippen LogP contribution in [0.15, 0.2) is 24.3 Å². The van der Waals surface area contributed by atoms with E-state index in [2.05, 4.69) is 29.2 Å². The zero-order chi connectivity index (χ0) is 24.7. The summed E-state index contributed by atoms with van der Waals surface area (Å²) in [6.07, 6.45) is 0.938. The number of hydrogen-bond acceptors (Lipinski definition) is 9. The first-order valence-corrected chi connectivity index (χ1v) is 12.5. The molecule has 9 heteroatoms. The molecule has 1 aliphatic heterocycles. The third kappa shape index (κ3) is 1.87. The van der Waals surface area contributed by atoms with Gasteiger partial charge in [0, 0.05) is 29.2 Å². The Balaban J connectivity index is 1.34. The van der Waals surface area contributed by atoms with Gasteiger partial charge in [0.25, 0.3) is 0 Å². The third-order valence-corrected chi connectivity index (χ3v) is 10.4. The molecule has 0 radical (unpaired) electrons. The van der Waals surface area contributed by atoms with Crippen LogP contribution in [-0.2, 0) is 23.8 Å². The van der Waals surface area contributed by atoms with Gasteiger partial charge in [-0.15, -0.1) is 0 Å². The monoisotopic (exact) mass is 490 g/mol. The van der Waals surface area contributed by atoms with Crippen LogP contribution in [0.2, 0.25) is 0 Å². The molecule has 4 fully saturated rings. The van der Waals surface area contributed by atoms with Crippen LogP contribution < -0.4 is 9.47 Å². The van der Waals surface area contributed by atoms with Crippen molar-refractivity contribution in [3.63, 3.8) is 0 Å². The number of aromatic nitrogens is 2. The fourth-order valence-electron chi connectivity index (χ4n) is 9.67. The van der Waals surface area contributed by atoms with Crippen LogP contribution in [0.3, 0.4) is 0 Å². The molecular formula is C27H26N2O7. The van der Waals surface area contributed by atoms with Gasteiger partial charge in [-0.05, 0) is 41.2 Å². The number of carbonyl (C=O) groups is 2. The summed E-state index contributed by atoms with van der Waals surface area (Å²) in [6, 6.07) is 8.83. The minimum absolute atomic E-state index is 0.0227. The predicted molar refractivity (Wildman–Crippen MR) is 121 cm³/mol. The van der Waals surface area contributed by atoms with Gasteiger partial charge in [-0.1, -0.05) is 24.3 Å². The topological polar surface area (TPSA) is 109 Å². The number of rotatable bonds is 4. The molecule has 9 rings (SSSR count). The molecule has 6 aliphatic carbocycles. The largest absolute Gasteiger partial charge is 0.481 e. The fraction of sp³-hybridized carbons (Fsp3) is 0.556. The number of epoxide rings is 1. The maximum Gasteiger partial charge on any atom is 0.342 e. The van der Waals surface area contributed by atoms with Crippen molar-refractivity contribution in [1.82, 2.24) is 9.97 Å². The molecular weight excluding hydrogens is 464 g/mol. The van der Waals surface area contributed by atoms with Gasteiger partial charge < -0.3 is 23.7 Å². The van der Waals surface area contributed by atoms with Crippen LogP contribution in [0.25, 0.3) is 0 Å². The lowest BCUT2D eigenvalue weighted by atomic mass is 9.42. The predicted octanol–water partition coefficient (Wildman–Crippen LogP) is 2.07. The van der Waals surface area contributed by atoms with Gasteiger partial charge in [-0.25, -0.2) is 9.59 Å². The molecule has 0 N–H and O–H groups in total. The lowest BCUT2D eigenvalue weighted by Crippen LogP contribution is -2.68. The van der Waals surface area contributed by atoms with Crippen molar-refractivity contribution in [3.05, 3.63) is 46.6 Å². The quantitative estimate of drug-likeness (QED) is 0.470. The van der Waals surface area contributed by atoms with Crippen LogP contribution >= 0.6 is 0 Å². The normalized spacial score (nSPS) is 42.7. The SMILES string of the molecule is COC(=O)[C@]12O[C@@]1(C(=O)OC)[C@@H]1[C@@H]3C[C@@H]([C@H]4[C@H]5c6ccccc6[C@H](c6c(OC)nc(OC)nc65)[C@@H]34)[C@@H]12. The highest BCUT2D eigenvalue weighted by molar-refractivity contribution is 6.02. The van der Waals surface area contributed by atoms with Crippen LogP contribution in [0.1, 0.15) is 40.6 Å². The standard InChI is InChI=1S/C27H26N2O7/c1-32-22-18-14-10-7-5-6-8-11(10)17(21(18)28-25(29-22)35-4)16-13-9-12(15(14)16)19-20(13)27(24(31)34-3)26(19,36-27)23(30)33-2/h5-8,12-17,19-20H,9H2,1-4H3/t12-,13+,14+,15-,16-,17-,19-,20+,26-,27+/m1/s1. The highest BCUT2D eigenvalue weighted by atomic mass is 16.7. The Kier molecular flexibility index (Phi) is 3.71. The van der Waals surface area contributed by atoms with Gasteiger partial charge >= 0.3 is 17.9 Å². The summed E-state index contributed by atoms with van der Waals surface area (Å²) in [6.45, 7) is 0. The first-order valence-electron chi connectivity index (χ1n) is 12.5. The van der Waals surface area contributed by atoms with Crippen LogP contribution in [0, 0.1) is 35.5 Å². The van der Waals surface area contributed by atoms with Crippen molar-refractivity contribution < 1.29 is 33.3 Å². The Labute approximate surface area is 207 Å². The number of esters is 2. The minimum Gasteiger partial charge on any atom is -0.481 e. The first-order chi connectivity index (χ1) is 17.5. The zero-order valence-corrected chi connectivity index (χ0v) is 20.4. The van der Waals surface area contributed by atoms with Gasteiger partial charge in [0.2, 0.25) is 17.1 Å². The van der Waals surface area contributed by atoms with E-state index in [0.717, 1.165) is 17.7 Å². The number of methoxy groups -OCH3 is 4. The van der Waals surface area contributed by atoms with Gasteiger partial charge in [0.05, 0.1) is 34.1 Å². The number of benzene rings is 1. The summed E-state index contributed by atoms with van der Waals surface area (Å²) < 4.78 is 27.8. The Bertz CT molecular complexity index is 1380. The van der Waals surface area contributed by atoms with Crippen molar-refractivity contribution in [2.45, 2.75) is 29.5 Å². The summed E-state index contributed by atoms with van der Waals surface area (Å²) >= 11 is 0. The molecule has 9 nitrogen and oxygen atoms in total. The molecule has 1 aromatic heterocycles. The minimum atomic E-state index is -1.23. The van der Waals surface area contributed by atoms with E-state index in [1.165, 1.54) is 25.3 Å². The van der Waals surface area contributed by atoms with E-state index in [1.54, 1.807) is 14.2 Å². The van der Waals surface area contributed by atoms with Gasteiger partial charge in [-0.2, -0.15) is 9.97 Å². The molecule has 10 atom stereocenters. The average molecular weight is 491 g/mol. The molecule has 0 amide bonds. The fourth-order valence-corrected chi connectivity index (χ4v) is 9.67. The molecule has 7 aliphatic rings. The summed E-state index contributed by atoms with van der Waals surface area (Å²) in [7, 11) is 5.90. The third-order valence-electron chi connectivity index (χ3n) is 10.4. The first kappa shape index (κ1) is 20.9. The molecule has 2 heterocycles. The summed E-state index contributed by atoms with van der Waals surface area (Å²) in [4.78, 5) is 35.6. The number of fused-ring (bicyclic) bond motifs is 8. The summed E-state index contributed by atoms with van der Waals surface area (Å²) in [5, 5.41) is 0. The summed E-state index contributed by atoms with van der Waals surface area (Å²) in [5.41, 5.74) is 2.05. The smallest absolute Gasteiger partial charge is 0.342 e. The zero-order valence-electron chi connectivity index (χ0n) is 20.4. The molecule has 186 valence electrons. The average Bonchev–Trinajstić information content (AvgIpc) is 3.15. The molecule has 3 saturated carbocycles. The molecule has 1 saturated heterocycles. The Hall–Kier alpha value is -3.20. The van der Waals surface area contributed by atoms with E-state index in [4.69, 9.17) is 28.7 Å². The van der Waals surface area contributed by atoms with Crippen molar-refractivity contribution in [2.24, 2.45) is 35.5 Å². The Morgan fingerprint density at radius 2 is 1.44 bits per heavy atom. The maximum atomic E-state index is 13.1. The molecule has 0 spiro atoms. The van der Waals surface area contributed by atoms with Gasteiger partial charge in [0.1, 0.15) is 0 Å². The lowest BCUT2D eigenvalue weighted by Gasteiger charge is -2.58. The van der Waals surface area contributed by atoms with Crippen LogP contribution in [0.4, 0.5) is 0 Å². The van der Waals surface area contributed by atoms with E-state index in [1.807, 2.05) is 0 Å². The second-order valence-electron chi connectivity index (χ2n) is 10.9. The highest BCUT2D eigenvalue weighted by Gasteiger charge is 3.00. The molecule has 36 heavy (non-hydrogen) atoms. The maximum absolute atomic E-state index is 13.1. The van der Waals surface area contributed by atoms with E-state index in [9.17, 15) is 9.59 Å². The van der Waals surface area contributed by atoms with Gasteiger partial charge in [-0.3, -0.25) is 0 Å². The van der Waals surface area contributed by atoms with Gasteiger partial charge in [0.15, 0.2) is 0 Å². The number of hydrogen-bond donors (Lipinski definition) is 0. The van der Waals surface area contributed by atoms with E-state index < -0.39 is 23.1 Å². The Morgan fingerprint density at radius 3 is 2.00 bits per heavy atom. The van der Waals surface area contributed by atoms with Crippen molar-refractivity contribution in [2.75, 3.05) is 28.4 Å². The van der Waals surface area contributed by atoms with Crippen molar-refractivity contribution in [1.29, 1.82) is 0 Å². The number of ether oxygens (including phenoxy) is 5. The number of nitrogens with zero attached hydrogens (tertiary/aromatic N) is 2. The second-order valence-corrected chi connectivity index (χ2v) is 10.9. The van der Waals surface area contributed by atoms with Crippen LogP contribution in [-0.4, -0.2) is 61.5 Å². The lowest BCUT2D eigenvalue weighted by molar-refractivity contribution is -0.168. The van der Waals surface area contributed by atoms with Crippen LogP contribution in [0.5, 0.6) is 11.9 Å². The van der Waals surface area contributed by atoms with Crippen molar-refractivity contribution >= 4 is 11.9 Å². The van der Waals surface area contributed by atoms with E-state index in [0.29, 0.717) is 5.88 Å². The molecule has 4 bridgehead atoms. The van der Waals surface area contributed by atoms with Crippen molar-refractivity contribution in [3.8, 4) is 11.9 Å². The van der Waals surface area contributed by atoms with E-state index >= 15 is 0 Å². The second kappa shape index (κ2) is 6.37. The molecule has 1 aromatic carbocycles. The summed E-state index contributed by atoms with van der Waals surface area (Å²) in [5.74, 6) is 0.435. The number of carbonyl (C=O) groups excluding carboxylic acids is 2.